The zero-order valence-electron chi connectivity index (χ0n) is 33.8. The van der Waals surface area contributed by atoms with Crippen LogP contribution in [0.1, 0.15) is 0 Å². The molecule has 46 heavy (non-hydrogen) atoms. The standard InChI is InChI=1S/C24H72N16P5.H2O/c1-29(2)42(30(3)4,31(5)6)25-41(26-43(32(7)8,33(9)10)34(11)12,27-44(35(13)14,36(15)16)37(17)18)28-45(38(19)20,39(21)22)40(23)24;/h1-24H3;1H2/q+1;/p-1. The topological polar surface area (TPSA) is 118 Å². The Kier molecular flexibility index (Phi) is 19.5. The first-order valence-corrected chi connectivity index (χ1v) is 22.7. The highest BCUT2D eigenvalue weighted by atomic mass is 31.3. The Balaban J connectivity index is 0. The highest BCUT2D eigenvalue weighted by Crippen LogP contribution is 2.86. The third kappa shape index (κ3) is 9.19. The summed E-state index contributed by atoms with van der Waals surface area (Å²) < 4.78 is 51.2. The molecule has 0 saturated heterocycles. The molecule has 0 unspecified atom stereocenters. The van der Waals surface area contributed by atoms with Crippen molar-refractivity contribution in [2.24, 2.45) is 18.1 Å². The maximum atomic E-state index is 6.08. The lowest BCUT2D eigenvalue weighted by molar-refractivity contribution is 0.470. The summed E-state index contributed by atoms with van der Waals surface area (Å²) in [6.07, 6.45) is 0. The second-order valence-electron chi connectivity index (χ2n) is 13.2. The van der Waals surface area contributed by atoms with Crippen molar-refractivity contribution in [3.8, 4) is 0 Å². The Bertz CT molecular complexity index is 883. The van der Waals surface area contributed by atoms with E-state index < -0.39 is 37.9 Å². The van der Waals surface area contributed by atoms with Gasteiger partial charge in [0.25, 0.3) is 0 Å². The van der Waals surface area contributed by atoms with Gasteiger partial charge in [0.1, 0.15) is 0 Å². The molecule has 0 rings (SSSR count). The Morgan fingerprint density at radius 3 is 0.391 bits per heavy atom. The molecule has 0 bridgehead atoms. The molecule has 0 saturated carbocycles. The van der Waals surface area contributed by atoms with Crippen LogP contribution in [0.15, 0.2) is 18.1 Å². The lowest BCUT2D eigenvalue weighted by Gasteiger charge is -2.44. The fraction of sp³-hybridized carbons (Fsp3) is 1.00. The summed E-state index contributed by atoms with van der Waals surface area (Å²) in [5.74, 6) is 0. The van der Waals surface area contributed by atoms with Gasteiger partial charge in [-0.1, -0.05) is 0 Å². The van der Waals surface area contributed by atoms with Crippen molar-refractivity contribution in [2.45, 2.75) is 0 Å². The fourth-order valence-electron chi connectivity index (χ4n) is 6.00. The van der Waals surface area contributed by atoms with E-state index in [1.807, 2.05) is 0 Å². The highest BCUT2D eigenvalue weighted by molar-refractivity contribution is 7.87. The van der Waals surface area contributed by atoms with Crippen molar-refractivity contribution in [1.82, 2.24) is 56.0 Å². The zero-order chi connectivity index (χ0) is 36.3. The molecule has 0 aliphatic rings. The van der Waals surface area contributed by atoms with E-state index in [-0.39, 0.29) is 5.48 Å². The monoisotopic (exact) mass is 756 g/mol. The van der Waals surface area contributed by atoms with Gasteiger partial charge in [-0.25, -0.2) is 56.0 Å². The zero-order valence-corrected chi connectivity index (χ0v) is 38.3. The first-order valence-electron chi connectivity index (χ1n) is 14.7. The summed E-state index contributed by atoms with van der Waals surface area (Å²) in [5, 5.41) is 0. The molecule has 0 aliphatic carbocycles. The van der Waals surface area contributed by atoms with Crippen LogP contribution in [0.3, 0.4) is 0 Å². The SMILES string of the molecule is CN(C)P(=N[P+](N=P(N(C)C)(N(C)C)N(C)C)(N=P(N(C)C)(N(C)C)N(C)C)N=P(N(C)C)(N(C)C)N(C)C)(N(C)C)N(C)C.[OH-]. The number of nitrogens with zero attached hydrogens (tertiary/aromatic N) is 16. The smallest absolute Gasteiger partial charge is 0.502 e. The maximum absolute atomic E-state index is 6.08. The van der Waals surface area contributed by atoms with Crippen molar-refractivity contribution in [3.05, 3.63) is 0 Å². The van der Waals surface area contributed by atoms with Crippen LogP contribution in [0.2, 0.25) is 0 Å². The minimum Gasteiger partial charge on any atom is -0.870 e. The van der Waals surface area contributed by atoms with Crippen LogP contribution in [-0.4, -0.2) is 231 Å². The Morgan fingerprint density at radius 1 is 0.239 bits per heavy atom. The molecule has 22 heteroatoms. The second kappa shape index (κ2) is 18.4. The van der Waals surface area contributed by atoms with E-state index in [2.05, 4.69) is 225 Å². The molecule has 0 aromatic heterocycles. The van der Waals surface area contributed by atoms with Gasteiger partial charge in [-0.05, 0) is 187 Å². The van der Waals surface area contributed by atoms with Crippen molar-refractivity contribution in [2.75, 3.05) is 169 Å². The van der Waals surface area contributed by atoms with Crippen molar-refractivity contribution in [3.63, 3.8) is 0 Å². The lowest BCUT2D eigenvalue weighted by Crippen LogP contribution is -2.33. The van der Waals surface area contributed by atoms with E-state index in [0.717, 1.165) is 0 Å². The normalized spacial score (nSPS) is 14.5. The largest absolute Gasteiger partial charge is 0.870 e. The molecule has 280 valence electrons. The predicted octanol–water partition coefficient (Wildman–Crippen LogP) is 5.01. The van der Waals surface area contributed by atoms with Crippen LogP contribution in [-0.2, 0) is 0 Å². The molecule has 0 aliphatic heterocycles. The quantitative estimate of drug-likeness (QED) is 0.197. The van der Waals surface area contributed by atoms with Gasteiger partial charge in [0.2, 0.25) is 30.0 Å². The van der Waals surface area contributed by atoms with Gasteiger partial charge in [0.05, 0.1) is 0 Å². The molecular formula is C24H73N16OP5. The van der Waals surface area contributed by atoms with Gasteiger partial charge >= 0.3 is 7.87 Å². The van der Waals surface area contributed by atoms with Gasteiger partial charge in [0.15, 0.2) is 0 Å². The van der Waals surface area contributed by atoms with Crippen LogP contribution >= 0.6 is 37.9 Å². The minimum atomic E-state index is -3.43. The van der Waals surface area contributed by atoms with E-state index in [4.69, 9.17) is 18.1 Å². The van der Waals surface area contributed by atoms with Gasteiger partial charge in [-0.2, -0.15) is 0 Å². The van der Waals surface area contributed by atoms with Gasteiger partial charge < -0.3 is 5.48 Å². The summed E-state index contributed by atoms with van der Waals surface area (Å²) in [7, 11) is 36.8. The van der Waals surface area contributed by atoms with E-state index in [9.17, 15) is 0 Å². The molecule has 0 radical (unpaired) electrons. The molecule has 1 N–H and O–H groups in total. The molecule has 0 atom stereocenters. The molecule has 0 spiro atoms. The first kappa shape index (κ1) is 48.9. The molecule has 0 aromatic carbocycles. The minimum absolute atomic E-state index is 0. The summed E-state index contributed by atoms with van der Waals surface area (Å²) in [4.78, 5) is 0. The van der Waals surface area contributed by atoms with Crippen molar-refractivity contribution < 1.29 is 5.48 Å². The number of rotatable bonds is 16. The fourth-order valence-corrected chi connectivity index (χ4v) is 30.2. The summed E-state index contributed by atoms with van der Waals surface area (Å²) >= 11 is 0. The predicted molar refractivity (Wildman–Crippen MR) is 210 cm³/mol. The Hall–Kier alpha value is 0.830. The molecular weight excluding hydrogens is 683 g/mol. The molecule has 0 heterocycles. The summed E-state index contributed by atoms with van der Waals surface area (Å²) in [6.45, 7) is 0. The third-order valence-corrected chi connectivity index (χ3v) is 28.0. The average molecular weight is 757 g/mol. The Morgan fingerprint density at radius 2 is 0.326 bits per heavy atom. The molecule has 17 nitrogen and oxygen atoms in total. The first-order chi connectivity index (χ1) is 20.1. The number of hydrogen-bond donors (Lipinski definition) is 0. The summed E-state index contributed by atoms with van der Waals surface area (Å²) in [5.41, 5.74) is 0. The third-order valence-electron chi connectivity index (χ3n) is 7.40. The van der Waals surface area contributed by atoms with Gasteiger partial charge in [-0.15, -0.1) is 0 Å². The van der Waals surface area contributed by atoms with E-state index >= 15 is 0 Å². The second-order valence-corrected chi connectivity index (χ2v) is 31.0. The van der Waals surface area contributed by atoms with E-state index in [1.165, 1.54) is 0 Å². The van der Waals surface area contributed by atoms with Crippen molar-refractivity contribution >= 4 is 37.9 Å². The molecule has 0 fully saturated rings. The Labute approximate surface area is 286 Å². The van der Waals surface area contributed by atoms with Crippen LogP contribution < -0.4 is 0 Å². The van der Waals surface area contributed by atoms with Gasteiger partial charge in [0, 0.05) is 0 Å². The van der Waals surface area contributed by atoms with E-state index in [1.54, 1.807) is 0 Å². The highest BCUT2D eigenvalue weighted by Gasteiger charge is 2.56. The lowest BCUT2D eigenvalue weighted by atomic mass is 11.2. The van der Waals surface area contributed by atoms with Crippen LogP contribution in [0, 0.1) is 0 Å². The number of hydrogen-bond acceptors (Lipinski definition) is 5. The summed E-state index contributed by atoms with van der Waals surface area (Å²) in [6, 6.07) is 0. The van der Waals surface area contributed by atoms with Crippen molar-refractivity contribution in [1.29, 1.82) is 0 Å². The average Bonchev–Trinajstić information content (AvgIpc) is 2.84. The van der Waals surface area contributed by atoms with Crippen LogP contribution in [0.5, 0.6) is 0 Å². The molecule has 0 amide bonds. The van der Waals surface area contributed by atoms with Crippen LogP contribution in [0.25, 0.3) is 0 Å². The molecule has 0 aromatic rings. The van der Waals surface area contributed by atoms with E-state index in [0.29, 0.717) is 0 Å². The maximum Gasteiger partial charge on any atom is 0.502 e. The van der Waals surface area contributed by atoms with Gasteiger partial charge in [-0.3, -0.25) is 0 Å². The van der Waals surface area contributed by atoms with Crippen LogP contribution in [0.4, 0.5) is 0 Å².